The van der Waals surface area contributed by atoms with Crippen LogP contribution in [0.4, 0.5) is 11.4 Å². The predicted octanol–water partition coefficient (Wildman–Crippen LogP) is 21.2. The van der Waals surface area contributed by atoms with Crippen LogP contribution in [0, 0.1) is 47.2 Å². The van der Waals surface area contributed by atoms with E-state index in [-0.39, 0.29) is 32.3 Å². The number of fused-ring (bicyclic) bond motifs is 11. The zero-order valence-corrected chi connectivity index (χ0v) is 82.3. The van der Waals surface area contributed by atoms with Crippen LogP contribution in [0.15, 0.2) is 296 Å². The third-order valence-corrected chi connectivity index (χ3v) is 24.1. The van der Waals surface area contributed by atoms with E-state index in [1.165, 1.54) is 0 Å². The Morgan fingerprint density at radius 2 is 0.634 bits per heavy atom. The summed E-state index contributed by atoms with van der Waals surface area (Å²) >= 11 is 7.01. The number of carbonyl (C=O) groups excluding carboxylic acids is 5. The van der Waals surface area contributed by atoms with Crippen molar-refractivity contribution in [2.45, 2.75) is 107 Å². The summed E-state index contributed by atoms with van der Waals surface area (Å²) in [5, 5.41) is 5.80. The molecule has 3 aromatic heterocycles. The van der Waals surface area contributed by atoms with Gasteiger partial charge in [0, 0.05) is 81.3 Å². The minimum Gasteiger partial charge on any atom is -0.461 e. The van der Waals surface area contributed by atoms with E-state index in [1.807, 2.05) is 250 Å². The molecular formula is C108H103Br2N13O8Si3. The number of benzene rings is 10. The third kappa shape index (κ3) is 25.0. The number of benzodiazepines with no additional fused rings is 2. The van der Waals surface area contributed by atoms with Crippen LogP contribution in [-0.4, -0.2) is 144 Å². The quantitative estimate of drug-likeness (QED) is 0.0533. The van der Waals surface area contributed by atoms with Crippen LogP contribution in [0.1, 0.15) is 149 Å². The number of carbonyl (C=O) groups is 5. The number of nitrogens with one attached hydrogen (secondary N) is 2. The van der Waals surface area contributed by atoms with E-state index in [0.717, 1.165) is 150 Å². The molecule has 134 heavy (non-hydrogen) atoms. The molecular weight excluding hydrogens is 1850 g/mol. The van der Waals surface area contributed by atoms with Crippen LogP contribution in [0.5, 0.6) is 0 Å². The van der Waals surface area contributed by atoms with E-state index in [0.29, 0.717) is 62.2 Å². The van der Waals surface area contributed by atoms with E-state index >= 15 is 0 Å². The predicted molar refractivity (Wildman–Crippen MR) is 553 cm³/mol. The van der Waals surface area contributed by atoms with Gasteiger partial charge in [0.25, 0.3) is 0 Å². The Kier molecular flexibility index (Phi) is 33.1. The fourth-order valence-electron chi connectivity index (χ4n) is 14.3. The van der Waals surface area contributed by atoms with Crippen molar-refractivity contribution in [3.8, 4) is 64.3 Å². The maximum atomic E-state index is 12.4. The van der Waals surface area contributed by atoms with Gasteiger partial charge in [0.05, 0.1) is 114 Å². The fraction of sp³-hybridized carbons (Fsp3) is 0.194. The fourth-order valence-corrected chi connectivity index (χ4v) is 16.1. The SMILES string of the molecule is C.C#C[Si](C)(C)C.C#Cc1ccc2c(c1)C(c1ccccc1)=NCc1c(C(=O)OCC)ncn1-2.CCOC(=O)c1ncn2c1CN=C(c1ccccc1)c1cc(Br)ccc1-2.CCOC(=O)c1ncn2c1CN=C(c1ccccc1)c1cc(C#C[Si](C)(C)C)ccc1-2.C[Si](C)(C)C#Cc1ccc2c(c1)C(c1ccccc1)=NCC(=O)N2.O=C1CN=C(c2ccccc2)c2cc(Br)ccc2N1. The average Bonchev–Trinajstić information content (AvgIpc) is 1.62. The van der Waals surface area contributed by atoms with Crippen LogP contribution in [0.2, 0.25) is 58.9 Å². The molecule has 0 atom stereocenters. The number of imidazole rings is 3. The molecule has 2 N–H and O–H groups in total. The van der Waals surface area contributed by atoms with Gasteiger partial charge in [0.1, 0.15) is 56.3 Å². The molecule has 0 bridgehead atoms. The molecule has 0 fully saturated rings. The van der Waals surface area contributed by atoms with Crippen LogP contribution < -0.4 is 10.6 Å². The standard InChI is InChI=1S/C25H25N3O2Si.C22H17N3O2.C20H16BrN3O2.C20H20N2OSi.C15H11BrN2O.C5H10Si.CH4/c1-5-30-25(29)24-22-16-26-23(19-9-7-6-8-10-19)20-15-18(13-14-31(2,3)4)11-12-21(20)28(22)17-27-24;1-3-15-10-11-18-17(12-15)20(16-8-6-5-7-9-16)23-13-19-21(22(26)27-4-2)24-14-25(18)19;1-2-26-20(25)19-17-11-22-18(13-6-4-3-5-7-13)15-10-14(21)8-9-16(15)24(17)12-23-19;1-24(2,3)12-11-15-9-10-18-17(13-15)20(21-14-19(23)22-18)16-7-5-4-6-8-16;16-11-6-7-13-12(8-11)15(17-9-14(19)18-13)10-4-2-1-3-5-10;1-5-6(2,3)4;/h6-12,15,17H,5,16H2,1-4H3;1,5-12,14H,4,13H2,2H3;3-10,12H,2,11H2,1H3;4-10,13H,14H2,1-3H3,(H,22,23);1-8H,9H2,(H,18,19);1H,2-4H3;1H4. The molecule has 0 aliphatic carbocycles. The number of ether oxygens (including phenoxy) is 3. The van der Waals surface area contributed by atoms with Crippen LogP contribution >= 0.6 is 31.9 Å². The molecule has 10 aromatic carbocycles. The number of esters is 3. The number of hydrogen-bond acceptors (Lipinski definition) is 16. The summed E-state index contributed by atoms with van der Waals surface area (Å²) < 4.78 is 23.2. The molecule has 0 saturated heterocycles. The molecule has 0 radical (unpaired) electrons. The highest BCUT2D eigenvalue weighted by molar-refractivity contribution is 9.10. The van der Waals surface area contributed by atoms with Gasteiger partial charge in [-0.2, -0.15) is 0 Å². The normalized spacial score (nSPS) is 12.8. The first-order valence-corrected chi connectivity index (χ1v) is 55.4. The summed E-state index contributed by atoms with van der Waals surface area (Å²) in [5.41, 5.74) is 33.7. The maximum Gasteiger partial charge on any atom is 0.358 e. The van der Waals surface area contributed by atoms with E-state index in [2.05, 4.69) is 167 Å². The van der Waals surface area contributed by atoms with E-state index in [4.69, 9.17) is 42.0 Å². The third-order valence-electron chi connectivity index (χ3n) is 20.5. The number of aromatic nitrogens is 6. The molecule has 18 rings (SSSR count). The Bertz CT molecular complexity index is 6950. The molecule has 0 spiro atoms. The second-order valence-electron chi connectivity index (χ2n) is 33.8. The zero-order chi connectivity index (χ0) is 94.5. The van der Waals surface area contributed by atoms with E-state index in [9.17, 15) is 24.0 Å². The second-order valence-corrected chi connectivity index (χ2v) is 49.9. The number of hydrogen-bond donors (Lipinski definition) is 2. The van der Waals surface area contributed by atoms with Gasteiger partial charge in [-0.15, -0.1) is 29.5 Å². The molecule has 5 aliphatic rings. The van der Waals surface area contributed by atoms with Crippen LogP contribution in [0.25, 0.3) is 17.1 Å². The number of amides is 2. The Morgan fingerprint density at radius 1 is 0.366 bits per heavy atom. The number of rotatable bonds is 11. The molecule has 0 saturated carbocycles. The number of halogens is 2. The molecule has 2 amide bonds. The molecule has 21 nitrogen and oxygen atoms in total. The van der Waals surface area contributed by atoms with Gasteiger partial charge >= 0.3 is 17.9 Å². The number of terminal acetylenes is 2. The topological polar surface area (TPSA) is 252 Å². The van der Waals surface area contributed by atoms with Crippen molar-refractivity contribution in [2.24, 2.45) is 25.0 Å². The molecule has 5 aliphatic heterocycles. The van der Waals surface area contributed by atoms with Gasteiger partial charge in [-0.05, 0) is 112 Å². The lowest BCUT2D eigenvalue weighted by molar-refractivity contribution is -0.115. The van der Waals surface area contributed by atoms with Crippen molar-refractivity contribution in [3.05, 3.63) is 377 Å². The Balaban J connectivity index is 0.000000149. The first-order valence-electron chi connectivity index (χ1n) is 43.3. The van der Waals surface area contributed by atoms with Crippen molar-refractivity contribution >= 4 is 126 Å². The highest BCUT2D eigenvalue weighted by Crippen LogP contribution is 2.35. The first kappa shape index (κ1) is 98.4. The molecule has 13 aromatic rings. The Hall–Kier alpha value is -14.6. The second kappa shape index (κ2) is 45.0. The van der Waals surface area contributed by atoms with Crippen molar-refractivity contribution < 1.29 is 38.2 Å². The minimum atomic E-state index is -1.50. The largest absolute Gasteiger partial charge is 0.461 e. The lowest BCUT2D eigenvalue weighted by Crippen LogP contribution is -2.16. The number of aliphatic imine (C=N–C) groups is 5. The van der Waals surface area contributed by atoms with Crippen molar-refractivity contribution in [2.75, 3.05) is 43.5 Å². The van der Waals surface area contributed by atoms with Crippen molar-refractivity contribution in [1.29, 1.82) is 0 Å². The van der Waals surface area contributed by atoms with Crippen LogP contribution in [0.3, 0.4) is 0 Å². The minimum absolute atomic E-state index is 0. The van der Waals surface area contributed by atoms with Crippen LogP contribution in [-0.2, 0) is 43.4 Å². The zero-order valence-electron chi connectivity index (χ0n) is 76.1. The van der Waals surface area contributed by atoms with E-state index < -0.39 is 42.1 Å². The van der Waals surface area contributed by atoms with E-state index in [1.54, 1.807) is 39.8 Å². The lowest BCUT2D eigenvalue weighted by Gasteiger charge is -2.12. The maximum absolute atomic E-state index is 12.4. The van der Waals surface area contributed by atoms with Crippen molar-refractivity contribution in [1.82, 2.24) is 28.7 Å². The molecule has 26 heteroatoms. The number of anilines is 2. The Labute approximate surface area is 803 Å². The monoisotopic (exact) mass is 1950 g/mol. The van der Waals surface area contributed by atoms with Gasteiger partial charge in [-0.25, -0.2) is 29.3 Å². The van der Waals surface area contributed by atoms with Gasteiger partial charge < -0.3 is 24.8 Å². The summed E-state index contributed by atoms with van der Waals surface area (Å²) in [7, 11) is -4.04. The summed E-state index contributed by atoms with van der Waals surface area (Å²) in [5.74, 6) is 7.85. The van der Waals surface area contributed by atoms with Gasteiger partial charge in [0.15, 0.2) is 17.1 Å². The molecule has 674 valence electrons. The highest BCUT2D eigenvalue weighted by Gasteiger charge is 2.31. The first-order chi connectivity index (χ1) is 64.0. The average molecular weight is 1960 g/mol. The van der Waals surface area contributed by atoms with Gasteiger partial charge in [-0.1, -0.05) is 268 Å². The highest BCUT2D eigenvalue weighted by atomic mass is 79.9. The molecule has 0 unspecified atom stereocenters. The smallest absolute Gasteiger partial charge is 0.358 e. The van der Waals surface area contributed by atoms with Gasteiger partial charge in [0.2, 0.25) is 11.8 Å². The number of nitrogens with zero attached hydrogens (tertiary/aromatic N) is 11. The van der Waals surface area contributed by atoms with Gasteiger partial charge in [-0.3, -0.25) is 48.3 Å². The summed E-state index contributed by atoms with van der Waals surface area (Å²) in [4.78, 5) is 97.0. The van der Waals surface area contributed by atoms with Crippen molar-refractivity contribution in [3.63, 3.8) is 0 Å². The summed E-state index contributed by atoms with van der Waals surface area (Å²) in [6, 6.07) is 79.5. The molecule has 8 heterocycles. The Morgan fingerprint density at radius 3 is 0.963 bits per heavy atom. The summed E-state index contributed by atoms with van der Waals surface area (Å²) in [6.45, 7) is 27.3. The summed E-state index contributed by atoms with van der Waals surface area (Å²) in [6.07, 6.45) is 15.7. The lowest BCUT2D eigenvalue weighted by atomic mass is 9.98.